The van der Waals surface area contributed by atoms with E-state index in [2.05, 4.69) is 37.3 Å². The third-order valence-corrected chi connectivity index (χ3v) is 2.87. The maximum atomic E-state index is 6.16. The number of benzene rings is 1. The summed E-state index contributed by atoms with van der Waals surface area (Å²) in [5, 5.41) is 4.35. The van der Waals surface area contributed by atoms with Crippen LogP contribution < -0.4 is 5.32 Å². The first-order chi connectivity index (χ1) is 7.63. The molecule has 0 aliphatic rings. The normalized spacial score (nSPS) is 13.1. The number of hydrogen-bond donors (Lipinski definition) is 1. The van der Waals surface area contributed by atoms with Crippen molar-refractivity contribution in [3.05, 3.63) is 34.9 Å². The highest BCUT2D eigenvalue weighted by molar-refractivity contribution is 6.31. The molecule has 16 heavy (non-hydrogen) atoms. The summed E-state index contributed by atoms with van der Waals surface area (Å²) in [6.07, 6.45) is 0.978. The minimum atomic E-state index is 0.458. The number of nitrogens with zero attached hydrogens (tertiary/aromatic N) is 1. The summed E-state index contributed by atoms with van der Waals surface area (Å²) in [5.74, 6) is 0. The Hall–Kier alpha value is -0.570. The second kappa shape index (κ2) is 6.89. The summed E-state index contributed by atoms with van der Waals surface area (Å²) in [7, 11) is 4.19. The Kier molecular flexibility index (Phi) is 5.81. The van der Waals surface area contributed by atoms with Crippen LogP contribution in [0.4, 0.5) is 0 Å². The molecule has 0 aromatic heterocycles. The fourth-order valence-electron chi connectivity index (χ4n) is 1.86. The maximum Gasteiger partial charge on any atom is 0.0438 e. The number of nitrogens with one attached hydrogen (secondary N) is 1. The quantitative estimate of drug-likeness (QED) is 0.822. The third kappa shape index (κ3) is 4.52. The molecule has 0 fully saturated rings. The van der Waals surface area contributed by atoms with Crippen LogP contribution in [0.1, 0.15) is 12.5 Å². The van der Waals surface area contributed by atoms with Gasteiger partial charge in [-0.1, -0.05) is 36.7 Å². The van der Waals surface area contributed by atoms with Gasteiger partial charge in [0.1, 0.15) is 0 Å². The van der Waals surface area contributed by atoms with Crippen LogP contribution in [0.15, 0.2) is 24.3 Å². The van der Waals surface area contributed by atoms with E-state index >= 15 is 0 Å². The molecule has 0 amide bonds. The van der Waals surface area contributed by atoms with Crippen molar-refractivity contribution in [3.63, 3.8) is 0 Å². The van der Waals surface area contributed by atoms with E-state index in [0.29, 0.717) is 6.04 Å². The van der Waals surface area contributed by atoms with Crippen LogP contribution in [0, 0.1) is 0 Å². The van der Waals surface area contributed by atoms with E-state index < -0.39 is 0 Å². The summed E-state index contributed by atoms with van der Waals surface area (Å²) in [6, 6.07) is 8.53. The maximum absolute atomic E-state index is 6.16. The van der Waals surface area contributed by atoms with Gasteiger partial charge in [-0.3, -0.25) is 0 Å². The molecule has 1 N–H and O–H groups in total. The van der Waals surface area contributed by atoms with Crippen molar-refractivity contribution in [1.29, 1.82) is 0 Å². The predicted molar refractivity (Wildman–Crippen MR) is 71.2 cm³/mol. The molecule has 3 heteroatoms. The largest absolute Gasteiger partial charge is 0.313 e. The molecule has 0 saturated carbocycles. The summed E-state index contributed by atoms with van der Waals surface area (Å²) >= 11 is 6.16. The summed E-state index contributed by atoms with van der Waals surface area (Å²) in [5.41, 5.74) is 1.22. The van der Waals surface area contributed by atoms with E-state index in [-0.39, 0.29) is 0 Å². The monoisotopic (exact) mass is 240 g/mol. The van der Waals surface area contributed by atoms with Crippen molar-refractivity contribution in [2.75, 3.05) is 27.2 Å². The van der Waals surface area contributed by atoms with Crippen LogP contribution in [0.25, 0.3) is 0 Å². The molecule has 0 spiro atoms. The smallest absolute Gasteiger partial charge is 0.0438 e. The minimum Gasteiger partial charge on any atom is -0.313 e. The van der Waals surface area contributed by atoms with E-state index in [1.54, 1.807) is 0 Å². The van der Waals surface area contributed by atoms with Gasteiger partial charge in [0, 0.05) is 17.6 Å². The van der Waals surface area contributed by atoms with E-state index in [1.807, 2.05) is 18.2 Å². The summed E-state index contributed by atoms with van der Waals surface area (Å²) in [4.78, 5) is 2.20. The van der Waals surface area contributed by atoms with Gasteiger partial charge in [0.25, 0.3) is 0 Å². The number of halogens is 1. The van der Waals surface area contributed by atoms with Gasteiger partial charge >= 0.3 is 0 Å². The molecule has 1 rings (SSSR count). The Morgan fingerprint density at radius 2 is 2.00 bits per heavy atom. The standard InChI is InChI=1S/C13H21ClN2/c1-4-15-12(10-16(2)3)9-11-7-5-6-8-13(11)14/h5-8,12,15H,4,9-10H2,1-3H3. The van der Waals surface area contributed by atoms with Crippen LogP contribution in [-0.4, -0.2) is 38.1 Å². The first kappa shape index (κ1) is 13.5. The van der Waals surface area contributed by atoms with Crippen LogP contribution in [0.2, 0.25) is 5.02 Å². The van der Waals surface area contributed by atoms with Crippen molar-refractivity contribution in [2.45, 2.75) is 19.4 Å². The fraction of sp³-hybridized carbons (Fsp3) is 0.538. The molecule has 1 atom stereocenters. The number of hydrogen-bond acceptors (Lipinski definition) is 2. The molecule has 0 bridgehead atoms. The third-order valence-electron chi connectivity index (χ3n) is 2.50. The van der Waals surface area contributed by atoms with Gasteiger partial charge in [-0.25, -0.2) is 0 Å². The van der Waals surface area contributed by atoms with Gasteiger partial charge in [0.2, 0.25) is 0 Å². The first-order valence-corrected chi connectivity index (χ1v) is 6.12. The lowest BCUT2D eigenvalue weighted by atomic mass is 10.1. The second-order valence-corrected chi connectivity index (χ2v) is 4.72. The molecule has 1 aromatic carbocycles. The molecule has 0 aliphatic heterocycles. The zero-order valence-corrected chi connectivity index (χ0v) is 11.1. The van der Waals surface area contributed by atoms with Crippen molar-refractivity contribution in [3.8, 4) is 0 Å². The lowest BCUT2D eigenvalue weighted by molar-refractivity contribution is 0.339. The molecule has 0 radical (unpaired) electrons. The summed E-state index contributed by atoms with van der Waals surface area (Å²) < 4.78 is 0. The average molecular weight is 241 g/mol. The van der Waals surface area contributed by atoms with E-state index in [9.17, 15) is 0 Å². The zero-order chi connectivity index (χ0) is 12.0. The predicted octanol–water partition coefficient (Wildman–Crippen LogP) is 2.42. The highest BCUT2D eigenvalue weighted by Crippen LogP contribution is 2.16. The molecule has 0 heterocycles. The molecule has 0 aliphatic carbocycles. The van der Waals surface area contributed by atoms with Gasteiger partial charge < -0.3 is 10.2 Å². The summed E-state index contributed by atoms with van der Waals surface area (Å²) in [6.45, 7) is 4.15. The zero-order valence-electron chi connectivity index (χ0n) is 10.3. The first-order valence-electron chi connectivity index (χ1n) is 5.75. The molecule has 0 saturated heterocycles. The molecule has 90 valence electrons. The van der Waals surface area contributed by atoms with Crippen LogP contribution >= 0.6 is 11.6 Å². The molecular weight excluding hydrogens is 220 g/mol. The van der Waals surface area contributed by atoms with Gasteiger partial charge in [-0.15, -0.1) is 0 Å². The van der Waals surface area contributed by atoms with Crippen molar-refractivity contribution in [1.82, 2.24) is 10.2 Å². The fourth-order valence-corrected chi connectivity index (χ4v) is 2.07. The molecule has 2 nitrogen and oxygen atoms in total. The topological polar surface area (TPSA) is 15.3 Å². The van der Waals surface area contributed by atoms with Gasteiger partial charge in [-0.2, -0.15) is 0 Å². The Labute approximate surface area is 104 Å². The SMILES string of the molecule is CCNC(Cc1ccccc1Cl)CN(C)C. The number of rotatable bonds is 6. The van der Waals surface area contributed by atoms with Crippen molar-refractivity contribution < 1.29 is 0 Å². The Morgan fingerprint density at radius 3 is 2.56 bits per heavy atom. The Bertz CT molecular complexity index is 313. The minimum absolute atomic E-state index is 0.458. The van der Waals surface area contributed by atoms with E-state index in [1.165, 1.54) is 5.56 Å². The van der Waals surface area contributed by atoms with Crippen LogP contribution in [-0.2, 0) is 6.42 Å². The Balaban J connectivity index is 2.64. The van der Waals surface area contributed by atoms with Crippen molar-refractivity contribution in [2.24, 2.45) is 0 Å². The number of likely N-dealkylation sites (N-methyl/N-ethyl adjacent to an activating group) is 2. The molecule has 1 unspecified atom stereocenters. The van der Waals surface area contributed by atoms with Crippen LogP contribution in [0.5, 0.6) is 0 Å². The van der Waals surface area contributed by atoms with Crippen LogP contribution in [0.3, 0.4) is 0 Å². The molecule has 1 aromatic rings. The second-order valence-electron chi connectivity index (χ2n) is 4.31. The van der Waals surface area contributed by atoms with E-state index in [0.717, 1.165) is 24.5 Å². The van der Waals surface area contributed by atoms with Crippen molar-refractivity contribution >= 4 is 11.6 Å². The van der Waals surface area contributed by atoms with E-state index in [4.69, 9.17) is 11.6 Å². The lowest BCUT2D eigenvalue weighted by Crippen LogP contribution is -2.39. The highest BCUT2D eigenvalue weighted by Gasteiger charge is 2.11. The molecular formula is C13H21ClN2. The van der Waals surface area contributed by atoms with Gasteiger partial charge in [0.15, 0.2) is 0 Å². The Morgan fingerprint density at radius 1 is 1.31 bits per heavy atom. The lowest BCUT2D eigenvalue weighted by Gasteiger charge is -2.22. The highest BCUT2D eigenvalue weighted by atomic mass is 35.5. The average Bonchev–Trinajstić information content (AvgIpc) is 2.21. The van der Waals surface area contributed by atoms with Gasteiger partial charge in [0.05, 0.1) is 0 Å². The van der Waals surface area contributed by atoms with Gasteiger partial charge in [-0.05, 0) is 38.7 Å².